The molecule has 0 unspecified atom stereocenters. The molecule has 0 fully saturated rings. The quantitative estimate of drug-likeness (QED) is 0.743. The molecule has 2 nitrogen and oxygen atoms in total. The molecule has 0 amide bonds. The maximum atomic E-state index is 13.9. The monoisotopic (exact) mass is 236 g/mol. The lowest BCUT2D eigenvalue weighted by molar-refractivity contribution is 0.582. The first-order chi connectivity index (χ1) is 8.18. The van der Waals surface area contributed by atoms with Gasteiger partial charge in [-0.25, -0.2) is 8.78 Å². The lowest BCUT2D eigenvalue weighted by atomic mass is 10.1. The van der Waals surface area contributed by atoms with Gasteiger partial charge < -0.3 is 9.88 Å². The Kier molecular flexibility index (Phi) is 2.40. The van der Waals surface area contributed by atoms with Crippen LogP contribution in [0.15, 0.2) is 12.1 Å². The minimum atomic E-state index is -0.503. The average molecular weight is 236 g/mol. The molecule has 3 rings (SSSR count). The van der Waals surface area contributed by atoms with E-state index in [4.69, 9.17) is 0 Å². The molecule has 0 saturated carbocycles. The van der Waals surface area contributed by atoms with Crippen molar-refractivity contribution in [3.63, 3.8) is 0 Å². The SMILES string of the molecule is Cc1c2n(c3c(F)cc(F)cc13)CCNCC2. The van der Waals surface area contributed by atoms with Crippen LogP contribution in [0.1, 0.15) is 11.3 Å². The van der Waals surface area contributed by atoms with Gasteiger partial charge in [0, 0.05) is 43.2 Å². The van der Waals surface area contributed by atoms with E-state index in [1.54, 1.807) is 0 Å². The van der Waals surface area contributed by atoms with E-state index in [0.29, 0.717) is 10.9 Å². The lowest BCUT2D eigenvalue weighted by Crippen LogP contribution is -2.17. The number of aromatic nitrogens is 1. The molecule has 0 bridgehead atoms. The van der Waals surface area contributed by atoms with Gasteiger partial charge in [0.2, 0.25) is 0 Å². The Labute approximate surface area is 98.2 Å². The summed E-state index contributed by atoms with van der Waals surface area (Å²) in [6.45, 7) is 4.40. The molecule has 0 atom stereocenters. The van der Waals surface area contributed by atoms with Gasteiger partial charge in [0.1, 0.15) is 11.6 Å². The van der Waals surface area contributed by atoms with Crippen LogP contribution in [0.4, 0.5) is 8.78 Å². The van der Waals surface area contributed by atoms with Gasteiger partial charge in [-0.2, -0.15) is 0 Å². The predicted octanol–water partition coefficient (Wildman–Crippen LogP) is 2.37. The topological polar surface area (TPSA) is 17.0 Å². The summed E-state index contributed by atoms with van der Waals surface area (Å²) in [7, 11) is 0. The molecule has 2 heterocycles. The van der Waals surface area contributed by atoms with Crippen molar-refractivity contribution in [2.75, 3.05) is 13.1 Å². The number of benzene rings is 1. The highest BCUT2D eigenvalue weighted by atomic mass is 19.1. The zero-order valence-corrected chi connectivity index (χ0v) is 9.69. The maximum absolute atomic E-state index is 13.9. The molecule has 0 aliphatic carbocycles. The molecular weight excluding hydrogens is 222 g/mol. The van der Waals surface area contributed by atoms with Crippen molar-refractivity contribution >= 4 is 10.9 Å². The molecule has 0 radical (unpaired) electrons. The largest absolute Gasteiger partial charge is 0.341 e. The summed E-state index contributed by atoms with van der Waals surface area (Å²) < 4.78 is 29.1. The molecule has 2 aromatic rings. The standard InChI is InChI=1S/C13H14F2N2/c1-8-10-6-9(14)7-11(15)13(10)17-5-4-16-3-2-12(8)17/h6-7,16H,2-5H2,1H3. The Bertz CT molecular complexity index is 587. The van der Waals surface area contributed by atoms with E-state index >= 15 is 0 Å². The highest BCUT2D eigenvalue weighted by Crippen LogP contribution is 2.29. The summed E-state index contributed by atoms with van der Waals surface area (Å²) in [5, 5.41) is 3.99. The van der Waals surface area contributed by atoms with Crippen molar-refractivity contribution in [2.24, 2.45) is 0 Å². The highest BCUT2D eigenvalue weighted by Gasteiger charge is 2.19. The van der Waals surface area contributed by atoms with Crippen LogP contribution in [0.5, 0.6) is 0 Å². The number of hydrogen-bond acceptors (Lipinski definition) is 1. The lowest BCUT2D eigenvalue weighted by Gasteiger charge is -2.06. The number of nitrogens with zero attached hydrogens (tertiary/aromatic N) is 1. The predicted molar refractivity (Wildman–Crippen MR) is 63.2 cm³/mol. The first-order valence-corrected chi connectivity index (χ1v) is 5.86. The van der Waals surface area contributed by atoms with Crippen molar-refractivity contribution in [1.29, 1.82) is 0 Å². The fourth-order valence-corrected chi connectivity index (χ4v) is 2.71. The summed E-state index contributed by atoms with van der Waals surface area (Å²) in [5.41, 5.74) is 2.67. The Hall–Kier alpha value is -1.42. The van der Waals surface area contributed by atoms with Crippen LogP contribution in [0.3, 0.4) is 0 Å². The second-order valence-corrected chi connectivity index (χ2v) is 4.51. The molecule has 90 valence electrons. The number of aryl methyl sites for hydroxylation is 1. The summed E-state index contributed by atoms with van der Waals surface area (Å²) in [4.78, 5) is 0. The second kappa shape index (κ2) is 3.81. The highest BCUT2D eigenvalue weighted by molar-refractivity contribution is 5.86. The van der Waals surface area contributed by atoms with E-state index in [0.717, 1.165) is 43.4 Å². The molecule has 1 aromatic heterocycles. The second-order valence-electron chi connectivity index (χ2n) is 4.51. The summed E-state index contributed by atoms with van der Waals surface area (Å²) >= 11 is 0. The summed E-state index contributed by atoms with van der Waals surface area (Å²) in [6, 6.07) is 2.40. The number of nitrogens with one attached hydrogen (secondary N) is 1. The molecule has 17 heavy (non-hydrogen) atoms. The molecule has 1 aliphatic rings. The van der Waals surface area contributed by atoms with Crippen molar-refractivity contribution in [3.8, 4) is 0 Å². The summed E-state index contributed by atoms with van der Waals surface area (Å²) in [6.07, 6.45) is 0.863. The molecular formula is C13H14F2N2. The first-order valence-electron chi connectivity index (χ1n) is 5.86. The van der Waals surface area contributed by atoms with Crippen LogP contribution >= 0.6 is 0 Å². The maximum Gasteiger partial charge on any atom is 0.150 e. The van der Waals surface area contributed by atoms with E-state index < -0.39 is 11.6 Å². The van der Waals surface area contributed by atoms with Gasteiger partial charge >= 0.3 is 0 Å². The Balaban J connectivity index is 2.37. The number of rotatable bonds is 0. The van der Waals surface area contributed by atoms with Gasteiger partial charge in [-0.1, -0.05) is 0 Å². The van der Waals surface area contributed by atoms with Gasteiger partial charge in [-0.05, 0) is 18.6 Å². The molecule has 1 aromatic carbocycles. The van der Waals surface area contributed by atoms with Crippen molar-refractivity contribution < 1.29 is 8.78 Å². The Morgan fingerprint density at radius 3 is 2.88 bits per heavy atom. The number of hydrogen-bond donors (Lipinski definition) is 1. The van der Waals surface area contributed by atoms with Gasteiger partial charge in [-0.15, -0.1) is 0 Å². The van der Waals surface area contributed by atoms with Crippen molar-refractivity contribution in [2.45, 2.75) is 19.9 Å². The number of fused-ring (bicyclic) bond motifs is 3. The van der Waals surface area contributed by atoms with Gasteiger partial charge in [0.15, 0.2) is 0 Å². The Morgan fingerprint density at radius 2 is 2.06 bits per heavy atom. The van der Waals surface area contributed by atoms with E-state index in [1.807, 2.05) is 11.5 Å². The van der Waals surface area contributed by atoms with Crippen LogP contribution in [0.2, 0.25) is 0 Å². The van der Waals surface area contributed by atoms with Crippen molar-refractivity contribution in [1.82, 2.24) is 9.88 Å². The van der Waals surface area contributed by atoms with E-state index in [1.165, 1.54) is 6.07 Å². The summed E-state index contributed by atoms with van der Waals surface area (Å²) in [5.74, 6) is -0.965. The fraction of sp³-hybridized carbons (Fsp3) is 0.385. The van der Waals surface area contributed by atoms with Crippen LogP contribution < -0.4 is 5.32 Å². The van der Waals surface area contributed by atoms with Crippen molar-refractivity contribution in [3.05, 3.63) is 35.0 Å². The van der Waals surface area contributed by atoms with E-state index in [-0.39, 0.29) is 0 Å². The van der Waals surface area contributed by atoms with Crippen LogP contribution in [0, 0.1) is 18.6 Å². The van der Waals surface area contributed by atoms with Crippen LogP contribution in [-0.4, -0.2) is 17.7 Å². The molecule has 1 aliphatic heterocycles. The molecule has 0 saturated heterocycles. The smallest absolute Gasteiger partial charge is 0.150 e. The average Bonchev–Trinajstić information content (AvgIpc) is 2.48. The third kappa shape index (κ3) is 1.55. The van der Waals surface area contributed by atoms with E-state index in [2.05, 4.69) is 5.32 Å². The fourth-order valence-electron chi connectivity index (χ4n) is 2.71. The third-order valence-corrected chi connectivity index (χ3v) is 3.51. The third-order valence-electron chi connectivity index (χ3n) is 3.51. The molecule has 1 N–H and O–H groups in total. The van der Waals surface area contributed by atoms with E-state index in [9.17, 15) is 8.78 Å². The van der Waals surface area contributed by atoms with Gasteiger partial charge in [0.05, 0.1) is 5.52 Å². The number of halogens is 2. The van der Waals surface area contributed by atoms with Gasteiger partial charge in [0.25, 0.3) is 0 Å². The molecule has 0 spiro atoms. The van der Waals surface area contributed by atoms with Crippen LogP contribution in [-0.2, 0) is 13.0 Å². The normalized spacial score (nSPS) is 15.9. The minimum absolute atomic E-state index is 0.462. The Morgan fingerprint density at radius 1 is 1.24 bits per heavy atom. The first kappa shape index (κ1) is 10.7. The van der Waals surface area contributed by atoms with Gasteiger partial charge in [-0.3, -0.25) is 0 Å². The zero-order chi connectivity index (χ0) is 12.0. The molecule has 4 heteroatoms. The van der Waals surface area contributed by atoms with Crippen LogP contribution in [0.25, 0.3) is 10.9 Å². The minimum Gasteiger partial charge on any atom is -0.341 e. The zero-order valence-electron chi connectivity index (χ0n) is 9.69.